The number of carbonyl (C=O) groups excluding carboxylic acids is 1. The Labute approximate surface area is 206 Å². The molecule has 0 N–H and O–H groups in total. The summed E-state index contributed by atoms with van der Waals surface area (Å²) in [5, 5.41) is 8.40. The molecule has 0 aliphatic carbocycles. The van der Waals surface area contributed by atoms with Gasteiger partial charge in [-0.1, -0.05) is 35.0 Å². The van der Waals surface area contributed by atoms with Gasteiger partial charge in [0.1, 0.15) is 10.6 Å². The molecule has 1 aliphatic heterocycles. The molecule has 1 amide bonds. The van der Waals surface area contributed by atoms with Crippen LogP contribution in [0.5, 0.6) is 0 Å². The predicted octanol–water partition coefficient (Wildman–Crippen LogP) is 3.01. The number of aromatic nitrogens is 3. The highest BCUT2D eigenvalue weighted by atomic mass is 32.2. The molecule has 3 heterocycles. The summed E-state index contributed by atoms with van der Waals surface area (Å²) >= 11 is 0. The molecule has 35 heavy (non-hydrogen) atoms. The molecular formula is C25H31N5O4S. The van der Waals surface area contributed by atoms with Crippen LogP contribution in [0.1, 0.15) is 39.5 Å². The van der Waals surface area contributed by atoms with Crippen molar-refractivity contribution < 1.29 is 17.7 Å². The van der Waals surface area contributed by atoms with Crippen molar-refractivity contribution in [3.63, 3.8) is 0 Å². The average molecular weight is 498 g/mol. The van der Waals surface area contributed by atoms with Crippen LogP contribution in [0.25, 0.3) is 6.08 Å². The van der Waals surface area contributed by atoms with Crippen molar-refractivity contribution in [2.75, 3.05) is 26.2 Å². The van der Waals surface area contributed by atoms with E-state index in [0.29, 0.717) is 25.3 Å². The Morgan fingerprint density at radius 2 is 1.66 bits per heavy atom. The molecule has 0 radical (unpaired) electrons. The van der Waals surface area contributed by atoms with Gasteiger partial charge >= 0.3 is 0 Å². The molecule has 4 rings (SSSR count). The maximum atomic E-state index is 13.0. The largest absolute Gasteiger partial charge is 0.360 e. The van der Waals surface area contributed by atoms with E-state index in [4.69, 9.17) is 4.52 Å². The van der Waals surface area contributed by atoms with Gasteiger partial charge in [0.25, 0.3) is 0 Å². The van der Waals surface area contributed by atoms with Crippen LogP contribution >= 0.6 is 0 Å². The number of aryl methyl sites for hydroxylation is 4. The fourth-order valence-corrected chi connectivity index (χ4v) is 6.07. The smallest absolute Gasteiger partial charge is 0.248 e. The number of benzene rings is 1. The summed E-state index contributed by atoms with van der Waals surface area (Å²) in [5.74, 6) is 0.127. The van der Waals surface area contributed by atoms with Crippen molar-refractivity contribution in [3.05, 3.63) is 69.9 Å². The molecule has 1 fully saturated rings. The van der Waals surface area contributed by atoms with Gasteiger partial charge in [-0.15, -0.1) is 0 Å². The lowest BCUT2D eigenvalue weighted by atomic mass is 10.1. The molecule has 9 nitrogen and oxygen atoms in total. The zero-order valence-electron chi connectivity index (χ0n) is 20.8. The van der Waals surface area contributed by atoms with Crippen molar-refractivity contribution >= 4 is 22.0 Å². The molecule has 10 heteroatoms. The molecule has 1 aromatic carbocycles. The van der Waals surface area contributed by atoms with Gasteiger partial charge < -0.3 is 9.42 Å². The van der Waals surface area contributed by atoms with E-state index in [1.165, 1.54) is 9.87 Å². The Balaban J connectivity index is 1.40. The topological polar surface area (TPSA) is 102 Å². The summed E-state index contributed by atoms with van der Waals surface area (Å²) in [4.78, 5) is 14.6. The first-order chi connectivity index (χ1) is 16.6. The minimum Gasteiger partial charge on any atom is -0.360 e. The predicted molar refractivity (Wildman–Crippen MR) is 132 cm³/mol. The van der Waals surface area contributed by atoms with Gasteiger partial charge in [-0.2, -0.15) is 9.40 Å². The van der Waals surface area contributed by atoms with Crippen molar-refractivity contribution in [2.24, 2.45) is 0 Å². The lowest BCUT2D eigenvalue weighted by Crippen LogP contribution is -2.50. The third kappa shape index (κ3) is 5.08. The maximum Gasteiger partial charge on any atom is 0.248 e. The van der Waals surface area contributed by atoms with Crippen LogP contribution in [0.4, 0.5) is 0 Å². The molecule has 0 bridgehead atoms. The highest BCUT2D eigenvalue weighted by Crippen LogP contribution is 2.24. The molecule has 0 atom stereocenters. The normalized spacial score (nSPS) is 15.3. The fraction of sp³-hybridized carbons (Fsp3) is 0.400. The van der Waals surface area contributed by atoms with Crippen LogP contribution in [0.3, 0.4) is 0 Å². The van der Waals surface area contributed by atoms with Crippen LogP contribution in [0.2, 0.25) is 0 Å². The SMILES string of the molecule is Cc1ccc(Cn2nc(C)c(/C=C/C(=O)N3CCN(S(=O)(=O)c4c(C)noc4C)CC3)c2C)cc1. The van der Waals surface area contributed by atoms with E-state index in [1.807, 2.05) is 18.5 Å². The minimum absolute atomic E-state index is 0.116. The molecule has 0 saturated carbocycles. The third-order valence-electron chi connectivity index (χ3n) is 6.40. The molecule has 2 aromatic heterocycles. The standard InChI is InChI=1S/C25H31N5O4S/c1-17-6-8-22(9-7-17)16-30-20(4)23(18(2)26-30)10-11-24(31)28-12-14-29(15-13-28)35(32,33)25-19(3)27-34-21(25)5/h6-11H,12-16H2,1-5H3/b11-10+. The van der Waals surface area contributed by atoms with Crippen LogP contribution in [-0.2, 0) is 21.4 Å². The number of sulfonamides is 1. The molecule has 186 valence electrons. The number of hydrogen-bond donors (Lipinski definition) is 0. The zero-order chi connectivity index (χ0) is 25.3. The second-order valence-corrected chi connectivity index (χ2v) is 10.8. The highest BCUT2D eigenvalue weighted by Gasteiger charge is 2.33. The van der Waals surface area contributed by atoms with Crippen LogP contribution < -0.4 is 0 Å². The Morgan fingerprint density at radius 1 is 1.00 bits per heavy atom. The van der Waals surface area contributed by atoms with Gasteiger partial charge in [0.15, 0.2) is 5.76 Å². The van der Waals surface area contributed by atoms with Gasteiger partial charge in [-0.3, -0.25) is 9.48 Å². The second kappa shape index (κ2) is 9.79. The molecule has 1 aliphatic rings. The zero-order valence-corrected chi connectivity index (χ0v) is 21.6. The first-order valence-corrected chi connectivity index (χ1v) is 13.0. The van der Waals surface area contributed by atoms with Crippen LogP contribution in [-0.4, -0.2) is 64.6 Å². The lowest BCUT2D eigenvalue weighted by Gasteiger charge is -2.33. The van der Waals surface area contributed by atoms with Crippen LogP contribution in [0.15, 0.2) is 39.8 Å². The number of amides is 1. The number of piperazine rings is 1. The molecule has 1 saturated heterocycles. The van der Waals surface area contributed by atoms with Gasteiger partial charge in [-0.05, 0) is 46.3 Å². The quantitative estimate of drug-likeness (QED) is 0.485. The van der Waals surface area contributed by atoms with Crippen LogP contribution in [0, 0.1) is 34.6 Å². The highest BCUT2D eigenvalue weighted by molar-refractivity contribution is 7.89. The molecule has 0 unspecified atom stereocenters. The van der Waals surface area contributed by atoms with E-state index in [0.717, 1.165) is 22.5 Å². The first kappa shape index (κ1) is 24.9. The van der Waals surface area contributed by atoms with Crippen molar-refractivity contribution in [2.45, 2.75) is 46.1 Å². The fourth-order valence-electron chi connectivity index (χ4n) is 4.35. The van der Waals surface area contributed by atoms with Crippen molar-refractivity contribution in [1.29, 1.82) is 0 Å². The second-order valence-electron chi connectivity index (χ2n) is 8.94. The van der Waals surface area contributed by atoms with Gasteiger partial charge in [0, 0.05) is 43.5 Å². The average Bonchev–Trinajstić information content (AvgIpc) is 3.31. The summed E-state index contributed by atoms with van der Waals surface area (Å²) in [6.45, 7) is 10.9. The maximum absolute atomic E-state index is 13.0. The monoisotopic (exact) mass is 497 g/mol. The van der Waals surface area contributed by atoms with Gasteiger partial charge in [0.05, 0.1) is 12.2 Å². The Morgan fingerprint density at radius 3 is 2.26 bits per heavy atom. The van der Waals surface area contributed by atoms with Gasteiger partial charge in [0.2, 0.25) is 15.9 Å². The first-order valence-electron chi connectivity index (χ1n) is 11.6. The molecular weight excluding hydrogens is 466 g/mol. The number of hydrogen-bond acceptors (Lipinski definition) is 6. The summed E-state index contributed by atoms with van der Waals surface area (Å²) in [6, 6.07) is 8.35. The summed E-state index contributed by atoms with van der Waals surface area (Å²) < 4.78 is 34.4. The third-order valence-corrected chi connectivity index (χ3v) is 8.54. The van der Waals surface area contributed by atoms with Gasteiger partial charge in [-0.25, -0.2) is 8.42 Å². The lowest BCUT2D eigenvalue weighted by molar-refractivity contribution is -0.127. The minimum atomic E-state index is -3.71. The molecule has 0 spiro atoms. The summed E-state index contributed by atoms with van der Waals surface area (Å²) in [6.07, 6.45) is 3.35. The number of rotatable bonds is 6. The summed E-state index contributed by atoms with van der Waals surface area (Å²) in [5.41, 5.74) is 5.49. The van der Waals surface area contributed by atoms with E-state index < -0.39 is 10.0 Å². The van der Waals surface area contributed by atoms with E-state index in [1.54, 1.807) is 30.9 Å². The Hall–Kier alpha value is -3.24. The van der Waals surface area contributed by atoms with E-state index in [9.17, 15) is 13.2 Å². The van der Waals surface area contributed by atoms with E-state index in [2.05, 4.69) is 41.4 Å². The Bertz CT molecular complexity index is 1340. The Kier molecular flexibility index (Phi) is 6.95. The number of carbonyl (C=O) groups is 1. The van der Waals surface area contributed by atoms with E-state index >= 15 is 0 Å². The molecule has 3 aromatic rings. The van der Waals surface area contributed by atoms with E-state index in [-0.39, 0.29) is 29.7 Å². The van der Waals surface area contributed by atoms with Crippen molar-refractivity contribution in [3.8, 4) is 0 Å². The number of nitrogens with zero attached hydrogens (tertiary/aromatic N) is 5. The summed E-state index contributed by atoms with van der Waals surface area (Å²) in [7, 11) is -3.71. The van der Waals surface area contributed by atoms with Crippen molar-refractivity contribution in [1.82, 2.24) is 24.1 Å².